The zero-order valence-corrected chi connectivity index (χ0v) is 16.0. The molecule has 2 aliphatic rings. The van der Waals surface area contributed by atoms with Crippen LogP contribution >= 0.6 is 0 Å². The highest BCUT2D eigenvalue weighted by atomic mass is 16.5. The highest BCUT2D eigenvalue weighted by molar-refractivity contribution is 5.82. The lowest BCUT2D eigenvalue weighted by Gasteiger charge is -2.45. The summed E-state index contributed by atoms with van der Waals surface area (Å²) < 4.78 is 6.39. The molecule has 25 heavy (non-hydrogen) atoms. The first kappa shape index (κ1) is 18.4. The molecule has 1 unspecified atom stereocenters. The van der Waals surface area contributed by atoms with Gasteiger partial charge in [0.2, 0.25) is 0 Å². The molecule has 2 saturated carbocycles. The Morgan fingerprint density at radius 1 is 1.28 bits per heavy atom. The normalized spacial score (nSPS) is 32.6. The topological polar surface area (TPSA) is 46.5 Å². The average molecular weight is 344 g/mol. The van der Waals surface area contributed by atoms with Crippen molar-refractivity contribution in [3.63, 3.8) is 0 Å². The number of Topliss-reactive ketones (excluding diaryl/α,β-unsaturated/α-hetero) is 1. The zero-order chi connectivity index (χ0) is 18.2. The van der Waals surface area contributed by atoms with Crippen LogP contribution in [0.25, 0.3) is 0 Å². The molecule has 0 spiro atoms. The minimum atomic E-state index is -0.138. The summed E-state index contributed by atoms with van der Waals surface area (Å²) in [5, 5.41) is 9.65. The number of aromatic hydroxyl groups is 1. The molecule has 2 aliphatic carbocycles. The van der Waals surface area contributed by atoms with E-state index in [4.69, 9.17) is 4.74 Å². The first-order valence-electron chi connectivity index (χ1n) is 9.67. The van der Waals surface area contributed by atoms with E-state index in [2.05, 4.69) is 27.7 Å². The Kier molecular flexibility index (Phi) is 4.98. The smallest absolute Gasteiger partial charge is 0.136 e. The predicted octanol–water partition coefficient (Wildman–Crippen LogP) is 4.90. The summed E-state index contributed by atoms with van der Waals surface area (Å²) in [5.41, 5.74) is 1.09. The number of aryl methyl sites for hydroxylation is 1. The fourth-order valence-electron chi connectivity index (χ4n) is 5.06. The van der Waals surface area contributed by atoms with E-state index in [1.165, 1.54) is 0 Å². The lowest BCUT2D eigenvalue weighted by atomic mass is 9.62. The van der Waals surface area contributed by atoms with Gasteiger partial charge < -0.3 is 9.84 Å². The van der Waals surface area contributed by atoms with Gasteiger partial charge in [0.1, 0.15) is 11.5 Å². The third kappa shape index (κ3) is 3.92. The van der Waals surface area contributed by atoms with Crippen molar-refractivity contribution in [2.75, 3.05) is 0 Å². The van der Waals surface area contributed by atoms with Gasteiger partial charge in [0.25, 0.3) is 0 Å². The Hall–Kier alpha value is -1.35. The summed E-state index contributed by atoms with van der Waals surface area (Å²) in [6, 6.07) is 7.41. The van der Waals surface area contributed by atoms with Gasteiger partial charge in [-0.2, -0.15) is 0 Å². The summed E-state index contributed by atoms with van der Waals surface area (Å²) in [7, 11) is 0. The SMILES string of the molecule is CC(C)(C)O[C@H]1CC[C@H]2C(CCc3cccc(O)c3)C(=O)CC[C@]12C. The van der Waals surface area contributed by atoms with Crippen LogP contribution in [0.1, 0.15) is 65.4 Å². The molecule has 3 nitrogen and oxygen atoms in total. The van der Waals surface area contributed by atoms with Crippen molar-refractivity contribution in [3.8, 4) is 5.75 Å². The molecule has 2 fully saturated rings. The van der Waals surface area contributed by atoms with E-state index in [9.17, 15) is 9.90 Å². The van der Waals surface area contributed by atoms with E-state index >= 15 is 0 Å². The Labute approximate surface area is 151 Å². The number of ketones is 1. The minimum Gasteiger partial charge on any atom is -0.508 e. The van der Waals surface area contributed by atoms with Crippen LogP contribution in [0.5, 0.6) is 5.75 Å². The number of phenolic OH excluding ortho intramolecular Hbond substituents is 1. The van der Waals surface area contributed by atoms with Crippen LogP contribution in [0.15, 0.2) is 24.3 Å². The summed E-state index contributed by atoms with van der Waals surface area (Å²) in [4.78, 5) is 12.7. The second-order valence-corrected chi connectivity index (χ2v) is 9.19. The number of carbonyl (C=O) groups is 1. The molecule has 0 amide bonds. The van der Waals surface area contributed by atoms with E-state index in [0.29, 0.717) is 23.9 Å². The van der Waals surface area contributed by atoms with Crippen LogP contribution in [0, 0.1) is 17.3 Å². The van der Waals surface area contributed by atoms with Gasteiger partial charge in [0.15, 0.2) is 0 Å². The maximum absolute atomic E-state index is 12.7. The largest absolute Gasteiger partial charge is 0.508 e. The first-order chi connectivity index (χ1) is 11.7. The van der Waals surface area contributed by atoms with Gasteiger partial charge in [0, 0.05) is 12.3 Å². The number of phenols is 1. The Morgan fingerprint density at radius 2 is 2.04 bits per heavy atom. The molecule has 0 aliphatic heterocycles. The van der Waals surface area contributed by atoms with Crippen LogP contribution in [0.3, 0.4) is 0 Å². The molecule has 0 radical (unpaired) electrons. The third-order valence-corrected chi connectivity index (χ3v) is 6.28. The second kappa shape index (κ2) is 6.75. The molecule has 3 heteroatoms. The van der Waals surface area contributed by atoms with Gasteiger partial charge in [-0.05, 0) is 81.9 Å². The minimum absolute atomic E-state index is 0.116. The van der Waals surface area contributed by atoms with Crippen molar-refractivity contribution < 1.29 is 14.6 Å². The summed E-state index contributed by atoms with van der Waals surface area (Å²) in [6.45, 7) is 8.71. The molecule has 0 heterocycles. The van der Waals surface area contributed by atoms with Crippen LogP contribution in [-0.4, -0.2) is 22.6 Å². The lowest BCUT2D eigenvalue weighted by molar-refractivity contribution is -0.143. The van der Waals surface area contributed by atoms with E-state index in [1.54, 1.807) is 6.07 Å². The maximum atomic E-state index is 12.7. The van der Waals surface area contributed by atoms with Crippen LogP contribution < -0.4 is 0 Å². The molecule has 1 aromatic carbocycles. The maximum Gasteiger partial charge on any atom is 0.136 e. The van der Waals surface area contributed by atoms with Crippen molar-refractivity contribution in [3.05, 3.63) is 29.8 Å². The second-order valence-electron chi connectivity index (χ2n) is 9.19. The van der Waals surface area contributed by atoms with Crippen LogP contribution in [-0.2, 0) is 16.0 Å². The van der Waals surface area contributed by atoms with Gasteiger partial charge in [-0.3, -0.25) is 4.79 Å². The quantitative estimate of drug-likeness (QED) is 0.844. The fraction of sp³-hybridized carbons (Fsp3) is 0.682. The molecular weight excluding hydrogens is 312 g/mol. The van der Waals surface area contributed by atoms with E-state index in [-0.39, 0.29) is 23.0 Å². The van der Waals surface area contributed by atoms with E-state index in [0.717, 1.165) is 37.7 Å². The lowest BCUT2D eigenvalue weighted by Crippen LogP contribution is -2.46. The van der Waals surface area contributed by atoms with Crippen LogP contribution in [0.4, 0.5) is 0 Å². The van der Waals surface area contributed by atoms with Crippen molar-refractivity contribution in [1.82, 2.24) is 0 Å². The van der Waals surface area contributed by atoms with Gasteiger partial charge in [-0.25, -0.2) is 0 Å². The van der Waals surface area contributed by atoms with Gasteiger partial charge in [-0.1, -0.05) is 19.1 Å². The van der Waals surface area contributed by atoms with E-state index < -0.39 is 0 Å². The predicted molar refractivity (Wildman–Crippen MR) is 99.6 cm³/mol. The number of hydrogen-bond donors (Lipinski definition) is 1. The monoisotopic (exact) mass is 344 g/mol. The van der Waals surface area contributed by atoms with Gasteiger partial charge in [-0.15, -0.1) is 0 Å². The highest BCUT2D eigenvalue weighted by Crippen LogP contribution is 2.56. The van der Waals surface area contributed by atoms with Gasteiger partial charge >= 0.3 is 0 Å². The van der Waals surface area contributed by atoms with Gasteiger partial charge in [0.05, 0.1) is 11.7 Å². The Morgan fingerprint density at radius 3 is 2.72 bits per heavy atom. The molecule has 1 N–H and O–H groups in total. The highest BCUT2D eigenvalue weighted by Gasteiger charge is 2.54. The molecule has 0 aromatic heterocycles. The number of rotatable bonds is 4. The molecule has 4 atom stereocenters. The summed E-state index contributed by atoms with van der Waals surface area (Å²) >= 11 is 0. The van der Waals surface area contributed by atoms with Crippen molar-refractivity contribution in [2.45, 2.75) is 77.9 Å². The van der Waals surface area contributed by atoms with Crippen molar-refractivity contribution >= 4 is 5.78 Å². The fourth-order valence-corrected chi connectivity index (χ4v) is 5.06. The number of hydrogen-bond acceptors (Lipinski definition) is 3. The molecule has 0 saturated heterocycles. The number of benzene rings is 1. The summed E-state index contributed by atoms with van der Waals surface area (Å²) in [5.74, 6) is 1.30. The number of fused-ring (bicyclic) bond motifs is 1. The summed E-state index contributed by atoms with van der Waals surface area (Å²) in [6.07, 6.45) is 5.78. The van der Waals surface area contributed by atoms with Crippen molar-refractivity contribution in [1.29, 1.82) is 0 Å². The molecule has 3 rings (SSSR count). The molecule has 0 bridgehead atoms. The average Bonchev–Trinajstić information content (AvgIpc) is 2.82. The first-order valence-corrected chi connectivity index (χ1v) is 9.67. The molecule has 1 aromatic rings. The Bertz CT molecular complexity index is 630. The third-order valence-electron chi connectivity index (χ3n) is 6.28. The molecule has 138 valence electrons. The Balaban J connectivity index is 1.73. The van der Waals surface area contributed by atoms with Crippen molar-refractivity contribution in [2.24, 2.45) is 17.3 Å². The van der Waals surface area contributed by atoms with Crippen LogP contribution in [0.2, 0.25) is 0 Å². The number of carbonyl (C=O) groups excluding carboxylic acids is 1. The number of ether oxygens (including phenoxy) is 1. The standard InChI is InChI=1S/C22H32O3/c1-21(2,3)25-20-11-10-18-17(19(24)12-13-22(18,20)4)9-8-15-6-5-7-16(23)14-15/h5-7,14,17-18,20,23H,8-13H2,1-4H3/t17?,18-,20-,22-/m0/s1. The molecular formula is C22H32O3. The van der Waals surface area contributed by atoms with E-state index in [1.807, 2.05) is 18.2 Å². The zero-order valence-electron chi connectivity index (χ0n) is 16.0.